The lowest BCUT2D eigenvalue weighted by molar-refractivity contribution is 0.715. The fraction of sp³-hybridized carbons (Fsp3) is 0.333. The van der Waals surface area contributed by atoms with Crippen molar-refractivity contribution in [3.63, 3.8) is 0 Å². The SMILES string of the molecule is Nc1cc(Br)cc2c1[C@@H](N)CC2. The molecular weight excluding hydrogens is 216 g/mol. The topological polar surface area (TPSA) is 52.0 Å². The Balaban J connectivity index is 2.60. The summed E-state index contributed by atoms with van der Waals surface area (Å²) in [4.78, 5) is 0. The molecule has 1 aliphatic rings. The largest absolute Gasteiger partial charge is 0.398 e. The van der Waals surface area contributed by atoms with E-state index in [1.807, 2.05) is 6.07 Å². The quantitative estimate of drug-likeness (QED) is 0.666. The molecule has 3 heteroatoms. The van der Waals surface area contributed by atoms with Crippen molar-refractivity contribution in [1.29, 1.82) is 0 Å². The molecule has 12 heavy (non-hydrogen) atoms. The summed E-state index contributed by atoms with van der Waals surface area (Å²) in [5, 5.41) is 0. The molecule has 4 N–H and O–H groups in total. The number of hydrogen-bond donors (Lipinski definition) is 2. The van der Waals surface area contributed by atoms with Crippen LogP contribution in [0.3, 0.4) is 0 Å². The van der Waals surface area contributed by atoms with E-state index < -0.39 is 0 Å². The highest BCUT2D eigenvalue weighted by molar-refractivity contribution is 9.10. The predicted molar refractivity (Wildman–Crippen MR) is 53.8 cm³/mol. The molecule has 64 valence electrons. The van der Waals surface area contributed by atoms with E-state index in [1.54, 1.807) is 0 Å². The van der Waals surface area contributed by atoms with E-state index in [0.29, 0.717) is 0 Å². The second kappa shape index (κ2) is 2.75. The molecule has 0 spiro atoms. The van der Waals surface area contributed by atoms with Crippen molar-refractivity contribution in [2.45, 2.75) is 18.9 Å². The van der Waals surface area contributed by atoms with Crippen molar-refractivity contribution in [3.8, 4) is 0 Å². The van der Waals surface area contributed by atoms with Gasteiger partial charge in [0.1, 0.15) is 0 Å². The molecule has 0 fully saturated rings. The minimum atomic E-state index is 0.146. The van der Waals surface area contributed by atoms with Gasteiger partial charge in [-0.1, -0.05) is 15.9 Å². The third-order valence-corrected chi connectivity index (χ3v) is 2.82. The monoisotopic (exact) mass is 226 g/mol. The zero-order valence-corrected chi connectivity index (χ0v) is 8.26. The maximum Gasteiger partial charge on any atom is 0.0376 e. The van der Waals surface area contributed by atoms with Gasteiger partial charge in [-0.3, -0.25) is 0 Å². The molecule has 1 atom stereocenters. The minimum Gasteiger partial charge on any atom is -0.398 e. The standard InChI is InChI=1S/C9H11BrN2/c10-6-3-5-1-2-7(11)9(5)8(12)4-6/h3-4,7H,1-2,11-12H2/t7-/m0/s1. The van der Waals surface area contributed by atoms with Gasteiger partial charge >= 0.3 is 0 Å². The van der Waals surface area contributed by atoms with E-state index in [4.69, 9.17) is 11.5 Å². The summed E-state index contributed by atoms with van der Waals surface area (Å²) in [6.07, 6.45) is 2.08. The average molecular weight is 227 g/mol. The first-order chi connectivity index (χ1) is 5.68. The Bertz CT molecular complexity index is 323. The normalized spacial score (nSPS) is 21.0. The van der Waals surface area contributed by atoms with Crippen LogP contribution in [0.25, 0.3) is 0 Å². The molecule has 0 aliphatic heterocycles. The van der Waals surface area contributed by atoms with Crippen molar-refractivity contribution in [2.75, 3.05) is 5.73 Å². The summed E-state index contributed by atoms with van der Waals surface area (Å²) in [6.45, 7) is 0. The molecule has 0 saturated heterocycles. The highest BCUT2D eigenvalue weighted by Crippen LogP contribution is 2.35. The third-order valence-electron chi connectivity index (χ3n) is 2.36. The van der Waals surface area contributed by atoms with Gasteiger partial charge in [0.05, 0.1) is 0 Å². The number of nitrogen functional groups attached to an aromatic ring is 1. The summed E-state index contributed by atoms with van der Waals surface area (Å²) in [7, 11) is 0. The summed E-state index contributed by atoms with van der Waals surface area (Å²) in [6, 6.07) is 4.18. The number of fused-ring (bicyclic) bond motifs is 1. The van der Waals surface area contributed by atoms with Gasteiger partial charge < -0.3 is 11.5 Å². The second-order valence-electron chi connectivity index (χ2n) is 3.21. The zero-order chi connectivity index (χ0) is 8.72. The molecule has 0 aromatic heterocycles. The fourth-order valence-corrected chi connectivity index (χ4v) is 2.33. The number of benzene rings is 1. The minimum absolute atomic E-state index is 0.146. The fourth-order valence-electron chi connectivity index (χ4n) is 1.81. The van der Waals surface area contributed by atoms with Crippen LogP contribution in [0, 0.1) is 0 Å². The van der Waals surface area contributed by atoms with Gasteiger partial charge in [-0.25, -0.2) is 0 Å². The summed E-state index contributed by atoms with van der Waals surface area (Å²) in [5.74, 6) is 0. The molecule has 0 bridgehead atoms. The smallest absolute Gasteiger partial charge is 0.0376 e. The van der Waals surface area contributed by atoms with E-state index in [2.05, 4.69) is 22.0 Å². The van der Waals surface area contributed by atoms with E-state index >= 15 is 0 Å². The Kier molecular flexibility index (Phi) is 1.85. The van der Waals surface area contributed by atoms with E-state index in [-0.39, 0.29) is 6.04 Å². The van der Waals surface area contributed by atoms with Crippen LogP contribution in [0.5, 0.6) is 0 Å². The number of hydrogen-bond acceptors (Lipinski definition) is 2. The lowest BCUT2D eigenvalue weighted by Gasteiger charge is -2.08. The van der Waals surface area contributed by atoms with Gasteiger partial charge in [0.15, 0.2) is 0 Å². The van der Waals surface area contributed by atoms with E-state index in [9.17, 15) is 0 Å². The van der Waals surface area contributed by atoms with Gasteiger partial charge in [0, 0.05) is 16.2 Å². The second-order valence-corrected chi connectivity index (χ2v) is 4.13. The van der Waals surface area contributed by atoms with Crippen LogP contribution in [-0.2, 0) is 6.42 Å². The Morgan fingerprint density at radius 1 is 1.42 bits per heavy atom. The molecule has 0 heterocycles. The van der Waals surface area contributed by atoms with Crippen LogP contribution in [0.1, 0.15) is 23.6 Å². The van der Waals surface area contributed by atoms with Crippen LogP contribution in [0.15, 0.2) is 16.6 Å². The Labute approximate surface area is 80.1 Å². The summed E-state index contributed by atoms with van der Waals surface area (Å²) in [5.41, 5.74) is 15.0. The van der Waals surface area contributed by atoms with E-state index in [1.165, 1.54) is 5.56 Å². The van der Waals surface area contributed by atoms with Crippen molar-refractivity contribution < 1.29 is 0 Å². The predicted octanol–water partition coefficient (Wildman–Crippen LogP) is 1.98. The molecule has 2 rings (SSSR count). The lowest BCUT2D eigenvalue weighted by Crippen LogP contribution is -2.07. The van der Waals surface area contributed by atoms with E-state index in [0.717, 1.165) is 28.6 Å². The number of nitrogens with two attached hydrogens (primary N) is 2. The first-order valence-corrected chi connectivity index (χ1v) is 4.81. The average Bonchev–Trinajstić information content (AvgIpc) is 2.31. The molecule has 0 unspecified atom stereocenters. The third kappa shape index (κ3) is 1.13. The molecule has 1 aromatic rings. The Morgan fingerprint density at radius 2 is 2.17 bits per heavy atom. The molecular formula is C9H11BrN2. The van der Waals surface area contributed by atoms with Crippen LogP contribution >= 0.6 is 15.9 Å². The number of aryl methyl sites for hydroxylation is 1. The van der Waals surface area contributed by atoms with Crippen molar-refractivity contribution in [2.24, 2.45) is 5.73 Å². The van der Waals surface area contributed by atoms with Gasteiger partial charge in [-0.15, -0.1) is 0 Å². The maximum absolute atomic E-state index is 5.90. The Morgan fingerprint density at radius 3 is 2.92 bits per heavy atom. The molecule has 0 saturated carbocycles. The van der Waals surface area contributed by atoms with Crippen LogP contribution < -0.4 is 11.5 Å². The van der Waals surface area contributed by atoms with Gasteiger partial charge in [0.25, 0.3) is 0 Å². The Hall–Kier alpha value is -0.540. The zero-order valence-electron chi connectivity index (χ0n) is 6.68. The molecule has 0 radical (unpaired) electrons. The maximum atomic E-state index is 5.90. The van der Waals surface area contributed by atoms with Crippen molar-refractivity contribution >= 4 is 21.6 Å². The highest BCUT2D eigenvalue weighted by Gasteiger charge is 2.21. The first-order valence-electron chi connectivity index (χ1n) is 4.02. The molecule has 1 aliphatic carbocycles. The number of anilines is 1. The van der Waals surface area contributed by atoms with Crippen LogP contribution in [0.2, 0.25) is 0 Å². The molecule has 0 amide bonds. The van der Waals surface area contributed by atoms with Crippen LogP contribution in [-0.4, -0.2) is 0 Å². The van der Waals surface area contributed by atoms with Crippen molar-refractivity contribution in [1.82, 2.24) is 0 Å². The first kappa shape index (κ1) is 8.08. The van der Waals surface area contributed by atoms with Crippen LogP contribution in [0.4, 0.5) is 5.69 Å². The molecule has 2 nitrogen and oxygen atoms in total. The summed E-state index contributed by atoms with van der Waals surface area (Å²) < 4.78 is 1.05. The molecule has 1 aromatic carbocycles. The summed E-state index contributed by atoms with van der Waals surface area (Å²) >= 11 is 3.41. The van der Waals surface area contributed by atoms with Gasteiger partial charge in [0.2, 0.25) is 0 Å². The van der Waals surface area contributed by atoms with Gasteiger partial charge in [-0.05, 0) is 36.1 Å². The number of rotatable bonds is 0. The highest BCUT2D eigenvalue weighted by atomic mass is 79.9. The van der Waals surface area contributed by atoms with Gasteiger partial charge in [-0.2, -0.15) is 0 Å². The number of halogens is 1. The van der Waals surface area contributed by atoms with Crippen molar-refractivity contribution in [3.05, 3.63) is 27.7 Å². The lowest BCUT2D eigenvalue weighted by atomic mass is 10.1.